The molecule has 0 bridgehead atoms. The summed E-state index contributed by atoms with van der Waals surface area (Å²) in [5, 5.41) is 10.5. The van der Waals surface area contributed by atoms with Gasteiger partial charge < -0.3 is 5.11 Å². The third kappa shape index (κ3) is 3.54. The number of carboxylic acids is 1. The van der Waals surface area contributed by atoms with Gasteiger partial charge in [0.15, 0.2) is 0 Å². The molecule has 1 N–H and O–H groups in total. The van der Waals surface area contributed by atoms with Crippen LogP contribution in [0.1, 0.15) is 9.67 Å². The Morgan fingerprint density at radius 2 is 2.46 bits per heavy atom. The monoisotopic (exact) mass is 278 g/mol. The molecule has 5 heteroatoms. The van der Waals surface area contributed by atoms with E-state index in [1.54, 1.807) is 17.8 Å². The fraction of sp³-hybridized carbons (Fsp3) is 0.125. The molecule has 0 atom stereocenters. The summed E-state index contributed by atoms with van der Waals surface area (Å²) in [7, 11) is 0. The maximum Gasteiger partial charge on any atom is 0.345 e. The lowest BCUT2D eigenvalue weighted by molar-refractivity contribution is 0.0702. The highest BCUT2D eigenvalue weighted by molar-refractivity contribution is 9.11. The first kappa shape index (κ1) is 10.8. The largest absolute Gasteiger partial charge is 0.477 e. The number of rotatable bonds is 4. The van der Waals surface area contributed by atoms with Gasteiger partial charge in [-0.1, -0.05) is 22.5 Å². The second kappa shape index (κ2) is 4.83. The number of carbonyl (C=O) groups is 1. The van der Waals surface area contributed by atoms with Gasteiger partial charge in [0.25, 0.3) is 0 Å². The van der Waals surface area contributed by atoms with Crippen LogP contribution in [-0.2, 0) is 0 Å². The van der Waals surface area contributed by atoms with Crippen molar-refractivity contribution in [1.29, 1.82) is 0 Å². The van der Waals surface area contributed by atoms with Crippen LogP contribution in [0.25, 0.3) is 0 Å². The van der Waals surface area contributed by atoms with E-state index in [9.17, 15) is 4.79 Å². The zero-order chi connectivity index (χ0) is 9.84. The van der Waals surface area contributed by atoms with Gasteiger partial charge in [0, 0.05) is 16.0 Å². The molecule has 0 aliphatic heterocycles. The van der Waals surface area contributed by atoms with Gasteiger partial charge >= 0.3 is 5.97 Å². The highest BCUT2D eigenvalue weighted by Gasteiger charge is 2.06. The number of hydrogen-bond donors (Lipinski definition) is 1. The molecule has 0 aromatic carbocycles. The number of thiophene rings is 1. The van der Waals surface area contributed by atoms with Gasteiger partial charge in [-0.05, 0) is 10.5 Å². The topological polar surface area (TPSA) is 37.3 Å². The lowest BCUT2D eigenvalue weighted by Gasteiger charge is -1.93. The highest BCUT2D eigenvalue weighted by atomic mass is 79.9. The van der Waals surface area contributed by atoms with Crippen LogP contribution >= 0.6 is 39.0 Å². The van der Waals surface area contributed by atoms with Crippen molar-refractivity contribution < 1.29 is 9.90 Å². The van der Waals surface area contributed by atoms with E-state index in [1.807, 2.05) is 5.38 Å². The molecular weight excluding hydrogens is 272 g/mol. The fourth-order valence-electron chi connectivity index (χ4n) is 0.668. The van der Waals surface area contributed by atoms with Crippen LogP contribution in [0.5, 0.6) is 0 Å². The molecular formula is C8H7BrO2S2. The molecule has 0 spiro atoms. The van der Waals surface area contributed by atoms with Crippen LogP contribution < -0.4 is 0 Å². The molecule has 1 heterocycles. The van der Waals surface area contributed by atoms with E-state index in [4.69, 9.17) is 5.11 Å². The van der Waals surface area contributed by atoms with Crippen molar-refractivity contribution in [3.8, 4) is 0 Å². The summed E-state index contributed by atoms with van der Waals surface area (Å²) in [6.45, 7) is 3.70. The van der Waals surface area contributed by atoms with Crippen LogP contribution in [0.2, 0.25) is 0 Å². The van der Waals surface area contributed by atoms with Crippen LogP contribution in [-0.4, -0.2) is 16.8 Å². The molecule has 0 saturated heterocycles. The molecule has 1 rings (SSSR count). The maximum absolute atomic E-state index is 10.5. The minimum atomic E-state index is -0.866. The number of carboxylic acid groups (broad SMARTS) is 1. The average Bonchev–Trinajstić information content (AvgIpc) is 2.48. The number of thioether (sulfide) groups is 1. The van der Waals surface area contributed by atoms with E-state index in [0.717, 1.165) is 15.1 Å². The van der Waals surface area contributed by atoms with Crippen LogP contribution in [0.3, 0.4) is 0 Å². The third-order valence-electron chi connectivity index (χ3n) is 1.18. The first-order valence-corrected chi connectivity index (χ1v) is 6.03. The molecule has 0 amide bonds. The van der Waals surface area contributed by atoms with E-state index in [1.165, 1.54) is 11.3 Å². The second-order valence-electron chi connectivity index (χ2n) is 2.26. The third-order valence-corrected chi connectivity index (χ3v) is 3.96. The van der Waals surface area contributed by atoms with E-state index in [0.29, 0.717) is 4.88 Å². The Hall–Kier alpha value is -0.260. The minimum Gasteiger partial charge on any atom is -0.477 e. The summed E-state index contributed by atoms with van der Waals surface area (Å²) in [6.07, 6.45) is 0. The quantitative estimate of drug-likeness (QED) is 0.858. The maximum atomic E-state index is 10.5. The number of aromatic carboxylic acids is 1. The number of hydrogen-bond acceptors (Lipinski definition) is 3. The van der Waals surface area contributed by atoms with Gasteiger partial charge in [-0.15, -0.1) is 23.1 Å². The highest BCUT2D eigenvalue weighted by Crippen LogP contribution is 2.27. The smallest absolute Gasteiger partial charge is 0.345 e. The molecule has 0 unspecified atom stereocenters. The Kier molecular flexibility index (Phi) is 4.02. The summed E-state index contributed by atoms with van der Waals surface area (Å²) in [5.41, 5.74) is 0. The van der Waals surface area contributed by atoms with Gasteiger partial charge in [-0.3, -0.25) is 0 Å². The normalized spacial score (nSPS) is 9.92. The predicted octanol–water partition coefficient (Wildman–Crippen LogP) is 3.45. The van der Waals surface area contributed by atoms with Crippen molar-refractivity contribution in [2.75, 3.05) is 5.75 Å². The SMILES string of the molecule is C=C(Br)CSc1csc(C(=O)O)c1. The van der Waals surface area contributed by atoms with Gasteiger partial charge in [0.05, 0.1) is 0 Å². The van der Waals surface area contributed by atoms with E-state index in [2.05, 4.69) is 22.5 Å². The lowest BCUT2D eigenvalue weighted by Crippen LogP contribution is -1.89. The summed E-state index contributed by atoms with van der Waals surface area (Å²) in [6, 6.07) is 1.67. The molecule has 0 fully saturated rings. The second-order valence-corrected chi connectivity index (χ2v) is 5.34. The molecule has 2 nitrogen and oxygen atoms in total. The van der Waals surface area contributed by atoms with Gasteiger partial charge in [-0.25, -0.2) is 4.79 Å². The van der Waals surface area contributed by atoms with Crippen LogP contribution in [0.15, 0.2) is 27.4 Å². The Bertz CT molecular complexity index is 333. The molecule has 1 aromatic heterocycles. The molecule has 0 aliphatic rings. The lowest BCUT2D eigenvalue weighted by atomic mass is 10.5. The van der Waals surface area contributed by atoms with Crippen molar-refractivity contribution in [2.45, 2.75) is 4.90 Å². The van der Waals surface area contributed by atoms with Crippen LogP contribution in [0, 0.1) is 0 Å². The zero-order valence-electron chi connectivity index (χ0n) is 6.62. The van der Waals surface area contributed by atoms with Crippen molar-refractivity contribution in [3.63, 3.8) is 0 Å². The molecule has 0 aliphatic carbocycles. The Labute approximate surface area is 92.8 Å². The van der Waals surface area contributed by atoms with Crippen molar-refractivity contribution in [1.82, 2.24) is 0 Å². The standard InChI is InChI=1S/C8H7BrO2S2/c1-5(9)3-12-6-2-7(8(10)11)13-4-6/h2,4H,1,3H2,(H,10,11). The zero-order valence-corrected chi connectivity index (χ0v) is 9.84. The number of halogens is 1. The predicted molar refractivity (Wildman–Crippen MR) is 60.1 cm³/mol. The Balaban J connectivity index is 2.59. The van der Waals surface area contributed by atoms with Gasteiger partial charge in [-0.2, -0.15) is 0 Å². The molecule has 1 aromatic rings. The first-order valence-electron chi connectivity index (χ1n) is 3.37. The molecule has 70 valence electrons. The summed E-state index contributed by atoms with van der Waals surface area (Å²) in [5.74, 6) is -0.106. The Morgan fingerprint density at radius 3 is 2.92 bits per heavy atom. The molecule has 13 heavy (non-hydrogen) atoms. The molecule has 0 saturated carbocycles. The minimum absolute atomic E-state index is 0.377. The van der Waals surface area contributed by atoms with E-state index >= 15 is 0 Å². The fourth-order valence-corrected chi connectivity index (χ4v) is 2.63. The van der Waals surface area contributed by atoms with E-state index < -0.39 is 5.97 Å². The molecule has 0 radical (unpaired) electrons. The summed E-state index contributed by atoms with van der Waals surface area (Å²) >= 11 is 6.05. The Morgan fingerprint density at radius 1 is 1.77 bits per heavy atom. The summed E-state index contributed by atoms with van der Waals surface area (Å²) < 4.78 is 0.903. The van der Waals surface area contributed by atoms with Crippen molar-refractivity contribution in [3.05, 3.63) is 27.4 Å². The first-order chi connectivity index (χ1) is 6.09. The summed E-state index contributed by atoms with van der Waals surface area (Å²) in [4.78, 5) is 11.9. The van der Waals surface area contributed by atoms with E-state index in [-0.39, 0.29) is 0 Å². The van der Waals surface area contributed by atoms with Gasteiger partial charge in [0.1, 0.15) is 4.88 Å². The average molecular weight is 279 g/mol. The van der Waals surface area contributed by atoms with Crippen molar-refractivity contribution >= 4 is 45.0 Å². The van der Waals surface area contributed by atoms with Crippen LogP contribution in [0.4, 0.5) is 0 Å². The van der Waals surface area contributed by atoms with Crippen molar-refractivity contribution in [2.24, 2.45) is 0 Å². The van der Waals surface area contributed by atoms with Gasteiger partial charge in [0.2, 0.25) is 0 Å².